The van der Waals surface area contributed by atoms with Gasteiger partial charge in [-0.05, 0) is 30.7 Å². The fraction of sp³-hybridized carbons (Fsp3) is 0.238. The summed E-state index contributed by atoms with van der Waals surface area (Å²) in [5, 5.41) is 14.0. The van der Waals surface area contributed by atoms with Crippen molar-refractivity contribution in [1.82, 2.24) is 14.9 Å². The number of hydrogen-bond acceptors (Lipinski definition) is 6. The van der Waals surface area contributed by atoms with E-state index in [1.54, 1.807) is 42.2 Å². The molecule has 0 aliphatic carbocycles. The zero-order chi connectivity index (χ0) is 22.7. The van der Waals surface area contributed by atoms with E-state index in [9.17, 15) is 19.3 Å². The van der Waals surface area contributed by atoms with Crippen LogP contribution in [0.2, 0.25) is 0 Å². The van der Waals surface area contributed by atoms with Crippen molar-refractivity contribution >= 4 is 11.6 Å². The number of imidazole rings is 1. The molecule has 10 heteroatoms. The zero-order valence-electron chi connectivity index (χ0n) is 17.4. The molecule has 0 aliphatic rings. The van der Waals surface area contributed by atoms with Crippen molar-refractivity contribution in [2.75, 3.05) is 14.2 Å². The first-order chi connectivity index (χ1) is 14.7. The number of aromatic nitrogens is 2. The van der Waals surface area contributed by atoms with Crippen LogP contribution in [0.5, 0.6) is 11.5 Å². The van der Waals surface area contributed by atoms with Crippen molar-refractivity contribution in [2.45, 2.75) is 13.0 Å². The highest BCUT2D eigenvalue weighted by atomic mass is 19.1. The van der Waals surface area contributed by atoms with Gasteiger partial charge in [-0.15, -0.1) is 0 Å². The molecule has 1 N–H and O–H groups in total. The first-order valence-corrected chi connectivity index (χ1v) is 9.20. The van der Waals surface area contributed by atoms with Gasteiger partial charge in [-0.25, -0.2) is 9.37 Å². The van der Waals surface area contributed by atoms with E-state index in [1.807, 2.05) is 0 Å². The average molecular weight is 428 g/mol. The number of carbonyl (C=O) groups is 1. The minimum atomic E-state index is -0.837. The Labute approximate surface area is 177 Å². The van der Waals surface area contributed by atoms with Crippen molar-refractivity contribution in [1.29, 1.82) is 0 Å². The van der Waals surface area contributed by atoms with E-state index in [1.165, 1.54) is 21.1 Å². The van der Waals surface area contributed by atoms with Crippen LogP contribution in [-0.2, 0) is 7.05 Å². The lowest BCUT2D eigenvalue weighted by Gasteiger charge is -2.20. The number of nitro benzene ring substituents is 1. The van der Waals surface area contributed by atoms with E-state index >= 15 is 0 Å². The molecule has 3 aromatic rings. The largest absolute Gasteiger partial charge is 0.497 e. The number of benzene rings is 2. The molecule has 1 unspecified atom stereocenters. The van der Waals surface area contributed by atoms with Crippen LogP contribution in [0.15, 0.2) is 42.7 Å². The number of methoxy groups -OCH3 is 2. The average Bonchev–Trinajstić information content (AvgIpc) is 3.18. The van der Waals surface area contributed by atoms with Crippen LogP contribution >= 0.6 is 0 Å². The fourth-order valence-electron chi connectivity index (χ4n) is 3.15. The van der Waals surface area contributed by atoms with Crippen LogP contribution < -0.4 is 14.8 Å². The van der Waals surface area contributed by atoms with Gasteiger partial charge < -0.3 is 19.4 Å². The summed E-state index contributed by atoms with van der Waals surface area (Å²) in [5.41, 5.74) is -0.189. The first-order valence-electron chi connectivity index (χ1n) is 9.20. The maximum Gasteiger partial charge on any atom is 0.276 e. The summed E-state index contributed by atoms with van der Waals surface area (Å²) in [7, 11) is 4.76. The summed E-state index contributed by atoms with van der Waals surface area (Å²) in [4.78, 5) is 27.8. The number of aryl methyl sites for hydroxylation is 1. The normalized spacial score (nSPS) is 11.6. The number of ether oxygens (including phenoxy) is 2. The van der Waals surface area contributed by atoms with Gasteiger partial charge in [0.2, 0.25) is 0 Å². The second-order valence-corrected chi connectivity index (χ2v) is 6.81. The predicted molar refractivity (Wildman–Crippen MR) is 110 cm³/mol. The molecule has 1 atom stereocenters. The van der Waals surface area contributed by atoms with Gasteiger partial charge >= 0.3 is 0 Å². The molecule has 0 aliphatic heterocycles. The topological polar surface area (TPSA) is 109 Å². The number of nitrogens with zero attached hydrogens (tertiary/aromatic N) is 3. The maximum absolute atomic E-state index is 14.2. The smallest absolute Gasteiger partial charge is 0.276 e. The van der Waals surface area contributed by atoms with Gasteiger partial charge in [0.15, 0.2) is 0 Å². The zero-order valence-corrected chi connectivity index (χ0v) is 17.4. The first kappa shape index (κ1) is 21.8. The van der Waals surface area contributed by atoms with E-state index < -0.39 is 28.4 Å². The molecule has 2 aromatic carbocycles. The Hall–Kier alpha value is -3.95. The molecule has 0 bridgehead atoms. The molecule has 1 heterocycles. The number of nitro groups is 1. The SMILES string of the molecule is COc1cc(OC)cc(C(NC(=O)c2cc(F)c(C)c([N+](=O)[O-])c2)c2nccn2C)c1. The molecule has 0 radical (unpaired) electrons. The number of amides is 1. The lowest BCUT2D eigenvalue weighted by Crippen LogP contribution is -2.31. The van der Waals surface area contributed by atoms with Gasteiger partial charge in [0.25, 0.3) is 11.6 Å². The quantitative estimate of drug-likeness (QED) is 0.457. The summed E-state index contributed by atoms with van der Waals surface area (Å²) in [6, 6.07) is 6.36. The third-order valence-corrected chi connectivity index (χ3v) is 4.87. The highest BCUT2D eigenvalue weighted by Crippen LogP contribution is 2.30. The molecule has 0 spiro atoms. The van der Waals surface area contributed by atoms with Crippen molar-refractivity contribution in [3.63, 3.8) is 0 Å². The molecular formula is C21H21FN4O5. The number of hydrogen-bond donors (Lipinski definition) is 1. The molecule has 0 fully saturated rings. The molecule has 9 nitrogen and oxygen atoms in total. The van der Waals surface area contributed by atoms with Gasteiger partial charge in [0, 0.05) is 37.1 Å². The van der Waals surface area contributed by atoms with Crippen LogP contribution in [0.3, 0.4) is 0 Å². The van der Waals surface area contributed by atoms with Gasteiger partial charge in [-0.3, -0.25) is 14.9 Å². The fourth-order valence-corrected chi connectivity index (χ4v) is 3.15. The Morgan fingerprint density at radius 1 is 1.19 bits per heavy atom. The van der Waals surface area contributed by atoms with E-state index in [4.69, 9.17) is 9.47 Å². The Morgan fingerprint density at radius 2 is 1.84 bits per heavy atom. The molecule has 0 saturated heterocycles. The second kappa shape index (κ2) is 8.82. The van der Waals surface area contributed by atoms with Crippen LogP contribution in [0.1, 0.15) is 33.4 Å². The summed E-state index contributed by atoms with van der Waals surface area (Å²) >= 11 is 0. The number of carbonyl (C=O) groups excluding carboxylic acids is 1. The Balaban J connectivity index is 2.06. The number of nitrogens with one attached hydrogen (secondary N) is 1. The third kappa shape index (κ3) is 4.47. The maximum atomic E-state index is 14.2. The highest BCUT2D eigenvalue weighted by Gasteiger charge is 2.25. The lowest BCUT2D eigenvalue weighted by molar-refractivity contribution is -0.385. The van der Waals surface area contributed by atoms with Gasteiger partial charge in [-0.2, -0.15) is 0 Å². The van der Waals surface area contributed by atoms with Gasteiger partial charge in [0.05, 0.1) is 24.7 Å². The summed E-state index contributed by atoms with van der Waals surface area (Å²) in [6.07, 6.45) is 3.28. The Kier molecular flexibility index (Phi) is 6.19. The summed E-state index contributed by atoms with van der Waals surface area (Å²) in [5.74, 6) is -0.0434. The molecular weight excluding hydrogens is 407 g/mol. The van der Waals surface area contributed by atoms with Crippen molar-refractivity contribution in [3.8, 4) is 11.5 Å². The van der Waals surface area contributed by atoms with Gasteiger partial charge in [0.1, 0.15) is 29.2 Å². The predicted octanol–water partition coefficient (Wildman–Crippen LogP) is 3.31. The standard InChI is InChI=1S/C21H21FN4O5/c1-12-17(22)9-14(10-18(12)26(28)29)21(27)24-19(20-23-5-6-25(20)2)13-7-15(30-3)11-16(8-13)31-4/h5-11,19H,1-4H3,(H,24,27). The minimum absolute atomic E-state index is 0.139. The Bertz CT molecular complexity index is 1120. The van der Waals surface area contributed by atoms with E-state index in [0.717, 1.165) is 12.1 Å². The van der Waals surface area contributed by atoms with Crippen molar-refractivity contribution in [3.05, 3.63) is 81.2 Å². The molecule has 1 amide bonds. The number of halogens is 1. The van der Waals surface area contributed by atoms with E-state index in [0.29, 0.717) is 22.9 Å². The van der Waals surface area contributed by atoms with Crippen LogP contribution in [0, 0.1) is 22.9 Å². The van der Waals surface area contributed by atoms with Crippen LogP contribution in [0.25, 0.3) is 0 Å². The molecule has 31 heavy (non-hydrogen) atoms. The minimum Gasteiger partial charge on any atom is -0.497 e. The monoisotopic (exact) mass is 428 g/mol. The highest BCUT2D eigenvalue weighted by molar-refractivity contribution is 5.95. The summed E-state index contributed by atoms with van der Waals surface area (Å²) in [6.45, 7) is 1.29. The van der Waals surface area contributed by atoms with Crippen molar-refractivity contribution < 1.29 is 23.6 Å². The molecule has 1 aromatic heterocycles. The van der Waals surface area contributed by atoms with Crippen molar-refractivity contribution in [2.24, 2.45) is 7.05 Å². The van der Waals surface area contributed by atoms with Gasteiger partial charge in [-0.1, -0.05) is 0 Å². The summed E-state index contributed by atoms with van der Waals surface area (Å²) < 4.78 is 26.6. The number of rotatable bonds is 7. The van der Waals surface area contributed by atoms with E-state index in [2.05, 4.69) is 10.3 Å². The molecule has 3 rings (SSSR count). The second-order valence-electron chi connectivity index (χ2n) is 6.81. The third-order valence-electron chi connectivity index (χ3n) is 4.87. The Morgan fingerprint density at radius 3 is 2.35 bits per heavy atom. The van der Waals surface area contributed by atoms with Crippen LogP contribution in [-0.4, -0.2) is 34.6 Å². The molecule has 162 valence electrons. The molecule has 0 saturated carbocycles. The lowest BCUT2D eigenvalue weighted by atomic mass is 10.0. The van der Waals surface area contributed by atoms with Crippen LogP contribution in [0.4, 0.5) is 10.1 Å². The van der Waals surface area contributed by atoms with E-state index in [-0.39, 0.29) is 11.1 Å².